The fourth-order valence-electron chi connectivity index (χ4n) is 2.87. The predicted octanol–water partition coefficient (Wildman–Crippen LogP) is 2.32. The van der Waals surface area contributed by atoms with E-state index in [0.29, 0.717) is 5.92 Å². The molecule has 1 aromatic heterocycles. The molecule has 5 nitrogen and oxygen atoms in total. The van der Waals surface area contributed by atoms with Crippen molar-refractivity contribution in [3.05, 3.63) is 11.9 Å². The standard InChI is InChI=1S/C16H27N5/c1-16(2,3)21-9-7-20(8-10-21)14-11-13(17-4)18-15(19-14)12-5-6-12/h11-12H,5-10H2,1-4H3,(H,17,18,19). The zero-order chi connectivity index (χ0) is 15.0. The summed E-state index contributed by atoms with van der Waals surface area (Å²) >= 11 is 0. The van der Waals surface area contributed by atoms with E-state index in [0.717, 1.165) is 43.6 Å². The van der Waals surface area contributed by atoms with Crippen molar-refractivity contribution in [3.63, 3.8) is 0 Å². The van der Waals surface area contributed by atoms with Crippen LogP contribution in [0.3, 0.4) is 0 Å². The van der Waals surface area contributed by atoms with E-state index in [1.54, 1.807) is 0 Å². The molecule has 21 heavy (non-hydrogen) atoms. The average Bonchev–Trinajstić information content (AvgIpc) is 3.30. The van der Waals surface area contributed by atoms with Gasteiger partial charge in [-0.2, -0.15) is 0 Å². The lowest BCUT2D eigenvalue weighted by Crippen LogP contribution is -2.53. The molecule has 0 spiro atoms. The lowest BCUT2D eigenvalue weighted by Gasteiger charge is -2.42. The number of aromatic nitrogens is 2. The highest BCUT2D eigenvalue weighted by atomic mass is 15.3. The summed E-state index contributed by atoms with van der Waals surface area (Å²) in [4.78, 5) is 14.4. The predicted molar refractivity (Wildman–Crippen MR) is 87.1 cm³/mol. The van der Waals surface area contributed by atoms with E-state index >= 15 is 0 Å². The van der Waals surface area contributed by atoms with Crippen LogP contribution in [0.2, 0.25) is 0 Å². The van der Waals surface area contributed by atoms with Crippen molar-refractivity contribution in [1.29, 1.82) is 0 Å². The Hall–Kier alpha value is -1.36. The quantitative estimate of drug-likeness (QED) is 0.925. The average molecular weight is 289 g/mol. The van der Waals surface area contributed by atoms with Gasteiger partial charge in [-0.15, -0.1) is 0 Å². The Morgan fingerprint density at radius 2 is 1.76 bits per heavy atom. The lowest BCUT2D eigenvalue weighted by molar-refractivity contribution is 0.128. The molecule has 2 fully saturated rings. The van der Waals surface area contributed by atoms with Crippen LogP contribution in [-0.4, -0.2) is 53.6 Å². The Labute approximate surface area is 127 Å². The van der Waals surface area contributed by atoms with Crippen LogP contribution in [0.1, 0.15) is 45.4 Å². The van der Waals surface area contributed by atoms with Gasteiger partial charge in [0, 0.05) is 50.7 Å². The molecule has 1 saturated carbocycles. The summed E-state index contributed by atoms with van der Waals surface area (Å²) in [5.74, 6) is 3.65. The van der Waals surface area contributed by atoms with E-state index in [9.17, 15) is 0 Å². The Balaban J connectivity index is 1.74. The number of piperazine rings is 1. The highest BCUT2D eigenvalue weighted by Crippen LogP contribution is 2.39. The SMILES string of the molecule is CNc1cc(N2CCN(C(C)(C)C)CC2)nc(C2CC2)n1. The summed E-state index contributed by atoms with van der Waals surface area (Å²) in [6.45, 7) is 11.2. The first-order chi connectivity index (χ1) is 9.97. The third-order valence-corrected chi connectivity index (χ3v) is 4.48. The van der Waals surface area contributed by atoms with Crippen LogP contribution in [-0.2, 0) is 0 Å². The van der Waals surface area contributed by atoms with Crippen molar-refractivity contribution in [2.75, 3.05) is 43.4 Å². The Morgan fingerprint density at radius 1 is 1.10 bits per heavy atom. The lowest BCUT2D eigenvalue weighted by atomic mass is 10.1. The van der Waals surface area contributed by atoms with Gasteiger partial charge in [0.25, 0.3) is 0 Å². The number of rotatable bonds is 3. The van der Waals surface area contributed by atoms with Crippen LogP contribution < -0.4 is 10.2 Å². The first-order valence-electron chi connectivity index (χ1n) is 8.04. The number of nitrogens with one attached hydrogen (secondary N) is 1. The fraction of sp³-hybridized carbons (Fsp3) is 0.750. The summed E-state index contributed by atoms with van der Waals surface area (Å²) in [6, 6.07) is 2.08. The molecule has 1 saturated heterocycles. The van der Waals surface area contributed by atoms with Gasteiger partial charge in [0.05, 0.1) is 0 Å². The summed E-state index contributed by atoms with van der Waals surface area (Å²) in [5, 5.41) is 3.17. The molecule has 2 heterocycles. The summed E-state index contributed by atoms with van der Waals surface area (Å²) in [7, 11) is 1.93. The van der Waals surface area contributed by atoms with Gasteiger partial charge in [-0.1, -0.05) is 0 Å². The molecule has 0 aromatic carbocycles. The van der Waals surface area contributed by atoms with Crippen LogP contribution in [0.15, 0.2) is 6.07 Å². The Morgan fingerprint density at radius 3 is 2.29 bits per heavy atom. The molecular weight excluding hydrogens is 262 g/mol. The highest BCUT2D eigenvalue weighted by Gasteiger charge is 2.29. The first-order valence-corrected chi connectivity index (χ1v) is 8.04. The van der Waals surface area contributed by atoms with Crippen molar-refractivity contribution in [3.8, 4) is 0 Å². The van der Waals surface area contributed by atoms with Gasteiger partial charge >= 0.3 is 0 Å². The van der Waals surface area contributed by atoms with Crippen LogP contribution in [0, 0.1) is 0 Å². The van der Waals surface area contributed by atoms with Crippen LogP contribution >= 0.6 is 0 Å². The zero-order valence-electron chi connectivity index (χ0n) is 13.7. The van der Waals surface area contributed by atoms with E-state index in [2.05, 4.69) is 46.9 Å². The number of hydrogen-bond donors (Lipinski definition) is 1. The summed E-state index contributed by atoms with van der Waals surface area (Å²) < 4.78 is 0. The minimum Gasteiger partial charge on any atom is -0.373 e. The molecule has 1 aliphatic carbocycles. The molecule has 1 N–H and O–H groups in total. The molecule has 2 aliphatic rings. The summed E-state index contributed by atoms with van der Waals surface area (Å²) in [6.07, 6.45) is 2.48. The zero-order valence-corrected chi connectivity index (χ0v) is 13.7. The monoisotopic (exact) mass is 289 g/mol. The molecule has 1 aromatic rings. The maximum absolute atomic E-state index is 4.81. The topological polar surface area (TPSA) is 44.3 Å². The van der Waals surface area contributed by atoms with Crippen LogP contribution in [0.25, 0.3) is 0 Å². The van der Waals surface area contributed by atoms with Gasteiger partial charge in [0.15, 0.2) is 0 Å². The first kappa shape index (κ1) is 14.6. The van der Waals surface area contributed by atoms with Gasteiger partial charge < -0.3 is 10.2 Å². The van der Waals surface area contributed by atoms with E-state index in [1.807, 2.05) is 7.05 Å². The summed E-state index contributed by atoms with van der Waals surface area (Å²) in [5.41, 5.74) is 0.257. The molecule has 0 radical (unpaired) electrons. The molecule has 0 bridgehead atoms. The van der Waals surface area contributed by atoms with Gasteiger partial charge in [0.1, 0.15) is 17.5 Å². The molecule has 0 unspecified atom stereocenters. The number of hydrogen-bond acceptors (Lipinski definition) is 5. The minimum absolute atomic E-state index is 0.257. The van der Waals surface area contributed by atoms with E-state index in [4.69, 9.17) is 4.98 Å². The van der Waals surface area contributed by atoms with E-state index in [-0.39, 0.29) is 5.54 Å². The second kappa shape index (κ2) is 5.44. The van der Waals surface area contributed by atoms with Crippen LogP contribution in [0.4, 0.5) is 11.6 Å². The molecule has 116 valence electrons. The normalized spacial score (nSPS) is 20.7. The van der Waals surface area contributed by atoms with Gasteiger partial charge in [0.2, 0.25) is 0 Å². The van der Waals surface area contributed by atoms with Gasteiger partial charge in [-0.05, 0) is 33.6 Å². The third kappa shape index (κ3) is 3.28. The van der Waals surface area contributed by atoms with Crippen molar-refractivity contribution in [1.82, 2.24) is 14.9 Å². The van der Waals surface area contributed by atoms with Crippen LogP contribution in [0.5, 0.6) is 0 Å². The van der Waals surface area contributed by atoms with Crippen molar-refractivity contribution in [2.45, 2.75) is 45.1 Å². The fourth-order valence-corrected chi connectivity index (χ4v) is 2.87. The molecule has 0 atom stereocenters. The largest absolute Gasteiger partial charge is 0.373 e. The second-order valence-corrected chi connectivity index (χ2v) is 7.14. The van der Waals surface area contributed by atoms with E-state index in [1.165, 1.54) is 12.8 Å². The number of anilines is 2. The minimum atomic E-state index is 0.257. The van der Waals surface area contributed by atoms with E-state index < -0.39 is 0 Å². The van der Waals surface area contributed by atoms with Gasteiger partial charge in [-0.3, -0.25) is 4.90 Å². The van der Waals surface area contributed by atoms with Crippen molar-refractivity contribution >= 4 is 11.6 Å². The Kier molecular flexibility index (Phi) is 3.78. The van der Waals surface area contributed by atoms with Gasteiger partial charge in [-0.25, -0.2) is 9.97 Å². The second-order valence-electron chi connectivity index (χ2n) is 7.14. The molecule has 0 amide bonds. The smallest absolute Gasteiger partial charge is 0.136 e. The molecule has 1 aliphatic heterocycles. The van der Waals surface area contributed by atoms with Crippen molar-refractivity contribution in [2.24, 2.45) is 0 Å². The Bertz CT molecular complexity index is 496. The molecule has 5 heteroatoms. The number of nitrogens with zero attached hydrogens (tertiary/aromatic N) is 4. The molecule has 3 rings (SSSR count). The molecular formula is C16H27N5. The maximum atomic E-state index is 4.81. The maximum Gasteiger partial charge on any atom is 0.136 e. The highest BCUT2D eigenvalue weighted by molar-refractivity contribution is 5.50. The third-order valence-electron chi connectivity index (χ3n) is 4.48. The van der Waals surface area contributed by atoms with Crippen molar-refractivity contribution < 1.29 is 0 Å².